The van der Waals surface area contributed by atoms with E-state index in [-0.39, 0.29) is 5.54 Å². The first kappa shape index (κ1) is 10.5. The molecule has 1 aliphatic rings. The highest BCUT2D eigenvalue weighted by molar-refractivity contribution is 5.10. The first-order chi connectivity index (χ1) is 6.04. The number of nitrogens with one attached hydrogen (secondary N) is 1. The lowest BCUT2D eigenvalue weighted by molar-refractivity contribution is 0.369. The Morgan fingerprint density at radius 1 is 1.23 bits per heavy atom. The van der Waals surface area contributed by atoms with E-state index in [4.69, 9.17) is 0 Å². The zero-order valence-corrected chi connectivity index (χ0v) is 8.95. The summed E-state index contributed by atoms with van der Waals surface area (Å²) in [6.45, 7) is 13.4. The smallest absolute Gasteiger partial charge is 0.0255 e. The van der Waals surface area contributed by atoms with Gasteiger partial charge in [-0.15, -0.1) is 13.2 Å². The van der Waals surface area contributed by atoms with Gasteiger partial charge in [0.2, 0.25) is 0 Å². The topological polar surface area (TPSA) is 12.0 Å². The van der Waals surface area contributed by atoms with Gasteiger partial charge in [-0.1, -0.05) is 11.1 Å². The van der Waals surface area contributed by atoms with Crippen LogP contribution in [0.25, 0.3) is 0 Å². The van der Waals surface area contributed by atoms with Crippen molar-refractivity contribution in [2.75, 3.05) is 6.54 Å². The Morgan fingerprint density at radius 2 is 1.77 bits per heavy atom. The molecular weight excluding hydrogens is 158 g/mol. The van der Waals surface area contributed by atoms with Crippen LogP contribution in [0.3, 0.4) is 0 Å². The Kier molecular flexibility index (Phi) is 3.32. The summed E-state index contributed by atoms with van der Waals surface area (Å²) in [7, 11) is 0. The summed E-state index contributed by atoms with van der Waals surface area (Å²) in [5.74, 6) is 0. The third-order valence-corrected chi connectivity index (χ3v) is 2.61. The largest absolute Gasteiger partial charge is 0.311 e. The molecule has 0 spiro atoms. The second-order valence-corrected chi connectivity index (χ2v) is 4.58. The molecule has 0 bridgehead atoms. The zero-order valence-electron chi connectivity index (χ0n) is 8.95. The Bertz CT molecular complexity index is 191. The summed E-state index contributed by atoms with van der Waals surface area (Å²) >= 11 is 0. The SMILES string of the molecule is C=C(C)CC1(CC(=C)C)CCCN1. The van der Waals surface area contributed by atoms with Gasteiger partial charge in [0, 0.05) is 5.54 Å². The summed E-state index contributed by atoms with van der Waals surface area (Å²) in [6.07, 6.45) is 4.76. The Labute approximate surface area is 81.9 Å². The van der Waals surface area contributed by atoms with Crippen LogP contribution in [0.5, 0.6) is 0 Å². The van der Waals surface area contributed by atoms with Crippen LogP contribution in [0, 0.1) is 0 Å². The molecule has 1 heterocycles. The molecule has 0 aromatic heterocycles. The molecule has 74 valence electrons. The maximum absolute atomic E-state index is 4.00. The molecule has 0 amide bonds. The van der Waals surface area contributed by atoms with E-state index >= 15 is 0 Å². The van der Waals surface area contributed by atoms with Gasteiger partial charge < -0.3 is 5.32 Å². The molecule has 0 atom stereocenters. The fourth-order valence-corrected chi connectivity index (χ4v) is 2.39. The normalized spacial score (nSPS) is 20.2. The molecule has 13 heavy (non-hydrogen) atoms. The average Bonchev–Trinajstić information content (AvgIpc) is 2.33. The van der Waals surface area contributed by atoms with Crippen molar-refractivity contribution < 1.29 is 0 Å². The van der Waals surface area contributed by atoms with Gasteiger partial charge in [-0.05, 0) is 46.1 Å². The molecule has 1 aliphatic heterocycles. The van der Waals surface area contributed by atoms with Gasteiger partial charge >= 0.3 is 0 Å². The van der Waals surface area contributed by atoms with Crippen LogP contribution < -0.4 is 5.32 Å². The molecule has 1 heteroatoms. The lowest BCUT2D eigenvalue weighted by Gasteiger charge is -2.30. The van der Waals surface area contributed by atoms with Crippen LogP contribution in [-0.4, -0.2) is 12.1 Å². The van der Waals surface area contributed by atoms with Crippen molar-refractivity contribution in [3.63, 3.8) is 0 Å². The fourth-order valence-electron chi connectivity index (χ4n) is 2.39. The molecule has 0 saturated carbocycles. The maximum atomic E-state index is 4.00. The van der Waals surface area contributed by atoms with E-state index in [2.05, 4.69) is 32.3 Å². The second-order valence-electron chi connectivity index (χ2n) is 4.58. The molecule has 0 unspecified atom stereocenters. The van der Waals surface area contributed by atoms with Crippen LogP contribution >= 0.6 is 0 Å². The zero-order chi connectivity index (χ0) is 9.90. The van der Waals surface area contributed by atoms with Crippen molar-refractivity contribution in [1.29, 1.82) is 0 Å². The van der Waals surface area contributed by atoms with E-state index in [0.29, 0.717) is 0 Å². The number of rotatable bonds is 4. The molecule has 1 fully saturated rings. The predicted octanol–water partition coefficient (Wildman–Crippen LogP) is 3.04. The van der Waals surface area contributed by atoms with Crippen molar-refractivity contribution in [3.8, 4) is 0 Å². The van der Waals surface area contributed by atoms with Crippen molar-refractivity contribution >= 4 is 0 Å². The van der Waals surface area contributed by atoms with Crippen molar-refractivity contribution in [1.82, 2.24) is 5.32 Å². The van der Waals surface area contributed by atoms with Gasteiger partial charge in [-0.25, -0.2) is 0 Å². The quantitative estimate of drug-likeness (QED) is 0.654. The lowest BCUT2D eigenvalue weighted by atomic mass is 9.84. The first-order valence-electron chi connectivity index (χ1n) is 5.08. The molecule has 1 N–H and O–H groups in total. The molecule has 0 radical (unpaired) electrons. The van der Waals surface area contributed by atoms with Crippen LogP contribution in [0.2, 0.25) is 0 Å². The fraction of sp³-hybridized carbons (Fsp3) is 0.667. The Morgan fingerprint density at radius 3 is 2.08 bits per heavy atom. The maximum Gasteiger partial charge on any atom is 0.0255 e. The summed E-state index contributed by atoms with van der Waals surface area (Å²) in [6, 6.07) is 0. The van der Waals surface area contributed by atoms with Crippen LogP contribution in [0.1, 0.15) is 39.5 Å². The highest BCUT2D eigenvalue weighted by Gasteiger charge is 2.32. The summed E-state index contributed by atoms with van der Waals surface area (Å²) in [5.41, 5.74) is 2.84. The van der Waals surface area contributed by atoms with Gasteiger partial charge in [-0.3, -0.25) is 0 Å². The highest BCUT2D eigenvalue weighted by Crippen LogP contribution is 2.31. The van der Waals surface area contributed by atoms with E-state index < -0.39 is 0 Å². The minimum absolute atomic E-state index is 0.289. The summed E-state index contributed by atoms with van der Waals surface area (Å²) < 4.78 is 0. The predicted molar refractivity (Wildman–Crippen MR) is 58.8 cm³/mol. The molecule has 1 rings (SSSR count). The van der Waals surface area contributed by atoms with Crippen molar-refractivity contribution in [3.05, 3.63) is 24.3 Å². The van der Waals surface area contributed by atoms with E-state index in [1.165, 1.54) is 24.0 Å². The Hall–Kier alpha value is -0.560. The van der Waals surface area contributed by atoms with E-state index in [9.17, 15) is 0 Å². The lowest BCUT2D eigenvalue weighted by Crippen LogP contribution is -2.40. The van der Waals surface area contributed by atoms with E-state index in [0.717, 1.165) is 19.4 Å². The molecule has 1 nitrogen and oxygen atoms in total. The third kappa shape index (κ3) is 3.00. The molecule has 0 aliphatic carbocycles. The van der Waals surface area contributed by atoms with E-state index in [1.807, 2.05) is 0 Å². The summed E-state index contributed by atoms with van der Waals surface area (Å²) in [5, 5.41) is 3.61. The van der Waals surface area contributed by atoms with E-state index in [1.54, 1.807) is 0 Å². The van der Waals surface area contributed by atoms with Crippen LogP contribution in [0.4, 0.5) is 0 Å². The van der Waals surface area contributed by atoms with Gasteiger partial charge in [0.05, 0.1) is 0 Å². The molecular formula is C12H21N. The second kappa shape index (κ2) is 4.10. The van der Waals surface area contributed by atoms with Crippen LogP contribution in [-0.2, 0) is 0 Å². The van der Waals surface area contributed by atoms with Gasteiger partial charge in [0.25, 0.3) is 0 Å². The molecule has 0 aromatic rings. The molecule has 1 saturated heterocycles. The Balaban J connectivity index is 2.62. The summed E-state index contributed by atoms with van der Waals surface area (Å²) in [4.78, 5) is 0. The van der Waals surface area contributed by atoms with Gasteiger partial charge in [0.15, 0.2) is 0 Å². The van der Waals surface area contributed by atoms with Crippen molar-refractivity contribution in [2.45, 2.75) is 45.1 Å². The third-order valence-electron chi connectivity index (χ3n) is 2.61. The first-order valence-corrected chi connectivity index (χ1v) is 5.08. The van der Waals surface area contributed by atoms with Gasteiger partial charge in [-0.2, -0.15) is 0 Å². The van der Waals surface area contributed by atoms with Gasteiger partial charge in [0.1, 0.15) is 0 Å². The standard InChI is InChI=1S/C12H21N/c1-10(2)8-12(9-11(3)4)6-5-7-13-12/h13H,1,3,5-9H2,2,4H3. The monoisotopic (exact) mass is 179 g/mol. The molecule has 0 aromatic carbocycles. The highest BCUT2D eigenvalue weighted by atomic mass is 15.0. The number of hydrogen-bond donors (Lipinski definition) is 1. The van der Waals surface area contributed by atoms with Crippen LogP contribution in [0.15, 0.2) is 24.3 Å². The minimum atomic E-state index is 0.289. The average molecular weight is 179 g/mol. The minimum Gasteiger partial charge on any atom is -0.311 e. The van der Waals surface area contributed by atoms with Crippen molar-refractivity contribution in [2.24, 2.45) is 0 Å². The number of hydrogen-bond acceptors (Lipinski definition) is 1.